The number of aromatic nitrogens is 2. The van der Waals surface area contributed by atoms with Crippen LogP contribution in [0.4, 0.5) is 5.82 Å². The van der Waals surface area contributed by atoms with Crippen molar-refractivity contribution in [2.45, 2.75) is 39.0 Å². The molecule has 1 aromatic heterocycles. The van der Waals surface area contributed by atoms with E-state index in [1.807, 2.05) is 7.05 Å². The van der Waals surface area contributed by atoms with Gasteiger partial charge >= 0.3 is 0 Å². The average molecular weight is 262 g/mol. The predicted molar refractivity (Wildman–Crippen MR) is 79.5 cm³/mol. The first kappa shape index (κ1) is 14.3. The highest BCUT2D eigenvalue weighted by molar-refractivity contribution is 5.37. The zero-order chi connectivity index (χ0) is 13.5. The largest absolute Gasteiger partial charge is 0.355 e. The summed E-state index contributed by atoms with van der Waals surface area (Å²) < 4.78 is 0. The van der Waals surface area contributed by atoms with E-state index in [-0.39, 0.29) is 0 Å². The van der Waals surface area contributed by atoms with E-state index in [1.165, 1.54) is 19.3 Å². The second-order valence-electron chi connectivity index (χ2n) is 5.48. The molecule has 1 aliphatic rings. The van der Waals surface area contributed by atoms with Gasteiger partial charge in [-0.3, -0.25) is 0 Å². The van der Waals surface area contributed by atoms with Crippen LogP contribution < -0.4 is 10.2 Å². The van der Waals surface area contributed by atoms with Crippen LogP contribution in [-0.2, 0) is 6.42 Å². The third-order valence-corrected chi connectivity index (χ3v) is 3.86. The molecular weight excluding hydrogens is 236 g/mol. The second-order valence-corrected chi connectivity index (χ2v) is 5.48. The number of anilines is 1. The molecule has 4 heteroatoms. The van der Waals surface area contributed by atoms with Crippen LogP contribution in [0.2, 0.25) is 0 Å². The minimum atomic E-state index is 0.790. The number of hydrogen-bond acceptors (Lipinski definition) is 4. The molecule has 2 rings (SSSR count). The number of aryl methyl sites for hydroxylation is 1. The Hall–Kier alpha value is -1.16. The first-order valence-corrected chi connectivity index (χ1v) is 7.55. The van der Waals surface area contributed by atoms with Crippen molar-refractivity contribution in [3.05, 3.63) is 17.8 Å². The fraction of sp³-hybridized carbons (Fsp3) is 0.733. The molecule has 19 heavy (non-hydrogen) atoms. The van der Waals surface area contributed by atoms with Crippen molar-refractivity contribution in [2.75, 3.05) is 31.6 Å². The van der Waals surface area contributed by atoms with Crippen LogP contribution in [0.15, 0.2) is 12.1 Å². The van der Waals surface area contributed by atoms with E-state index in [1.54, 1.807) is 0 Å². The molecule has 106 valence electrons. The van der Waals surface area contributed by atoms with Crippen LogP contribution in [0.1, 0.15) is 38.3 Å². The Morgan fingerprint density at radius 1 is 1.37 bits per heavy atom. The number of piperidine rings is 1. The molecule has 0 aromatic carbocycles. The van der Waals surface area contributed by atoms with E-state index in [0.29, 0.717) is 0 Å². The molecule has 1 unspecified atom stereocenters. The number of rotatable bonds is 6. The van der Waals surface area contributed by atoms with Gasteiger partial charge in [-0.25, -0.2) is 0 Å². The third-order valence-electron chi connectivity index (χ3n) is 3.86. The molecule has 1 aromatic rings. The van der Waals surface area contributed by atoms with E-state index >= 15 is 0 Å². The van der Waals surface area contributed by atoms with E-state index in [4.69, 9.17) is 0 Å². The summed E-state index contributed by atoms with van der Waals surface area (Å²) in [6, 6.07) is 4.27. The lowest BCUT2D eigenvalue weighted by Crippen LogP contribution is -2.37. The highest BCUT2D eigenvalue weighted by Crippen LogP contribution is 2.23. The fourth-order valence-electron chi connectivity index (χ4n) is 2.77. The summed E-state index contributed by atoms with van der Waals surface area (Å²) >= 11 is 0. The third kappa shape index (κ3) is 4.16. The summed E-state index contributed by atoms with van der Waals surface area (Å²) in [7, 11) is 2.03. The van der Waals surface area contributed by atoms with Crippen LogP contribution in [0.5, 0.6) is 0 Å². The highest BCUT2D eigenvalue weighted by Gasteiger charge is 2.20. The Balaban J connectivity index is 1.92. The van der Waals surface area contributed by atoms with E-state index in [2.05, 4.69) is 39.5 Å². The molecule has 0 aliphatic carbocycles. The summed E-state index contributed by atoms with van der Waals surface area (Å²) in [4.78, 5) is 2.40. The van der Waals surface area contributed by atoms with Crippen molar-refractivity contribution in [1.82, 2.24) is 15.5 Å². The van der Waals surface area contributed by atoms with E-state index in [0.717, 1.165) is 49.9 Å². The summed E-state index contributed by atoms with van der Waals surface area (Å²) in [6.07, 6.45) is 6.03. The molecule has 0 spiro atoms. The quantitative estimate of drug-likeness (QED) is 0.854. The van der Waals surface area contributed by atoms with Gasteiger partial charge in [0.15, 0.2) is 5.82 Å². The van der Waals surface area contributed by atoms with Crippen LogP contribution >= 0.6 is 0 Å². The number of hydrogen-bond donors (Lipinski definition) is 1. The van der Waals surface area contributed by atoms with Crippen LogP contribution in [0, 0.1) is 5.92 Å². The SMILES string of the molecule is CCCc1ccc(N2CCCC(CCNC)C2)nn1. The van der Waals surface area contributed by atoms with Gasteiger partial charge in [-0.05, 0) is 57.3 Å². The first-order chi connectivity index (χ1) is 9.33. The van der Waals surface area contributed by atoms with Gasteiger partial charge in [-0.15, -0.1) is 5.10 Å². The molecule has 1 N–H and O–H groups in total. The minimum Gasteiger partial charge on any atom is -0.355 e. The van der Waals surface area contributed by atoms with Gasteiger partial charge in [0, 0.05) is 13.1 Å². The van der Waals surface area contributed by atoms with Gasteiger partial charge in [-0.2, -0.15) is 5.10 Å². The minimum absolute atomic E-state index is 0.790. The van der Waals surface area contributed by atoms with E-state index < -0.39 is 0 Å². The maximum Gasteiger partial charge on any atom is 0.151 e. The fourth-order valence-corrected chi connectivity index (χ4v) is 2.77. The van der Waals surface area contributed by atoms with Crippen molar-refractivity contribution < 1.29 is 0 Å². The summed E-state index contributed by atoms with van der Waals surface area (Å²) in [6.45, 7) is 5.54. The first-order valence-electron chi connectivity index (χ1n) is 7.55. The maximum atomic E-state index is 4.40. The van der Waals surface area contributed by atoms with Gasteiger partial charge < -0.3 is 10.2 Å². The van der Waals surface area contributed by atoms with Crippen LogP contribution in [0.3, 0.4) is 0 Å². The standard InChI is InChI=1S/C15H26N4/c1-3-5-14-7-8-15(18-17-14)19-11-4-6-13(12-19)9-10-16-2/h7-8,13,16H,3-6,9-12H2,1-2H3. The van der Waals surface area contributed by atoms with Gasteiger partial charge in [0.2, 0.25) is 0 Å². The van der Waals surface area contributed by atoms with Crippen molar-refractivity contribution in [3.8, 4) is 0 Å². The Morgan fingerprint density at radius 3 is 2.95 bits per heavy atom. The summed E-state index contributed by atoms with van der Waals surface area (Å²) in [5.74, 6) is 1.84. The molecule has 1 aliphatic heterocycles. The lowest BCUT2D eigenvalue weighted by molar-refractivity contribution is 0.385. The normalized spacial score (nSPS) is 19.7. The lowest BCUT2D eigenvalue weighted by Gasteiger charge is -2.33. The van der Waals surface area contributed by atoms with Crippen molar-refractivity contribution in [3.63, 3.8) is 0 Å². The molecule has 2 heterocycles. The number of nitrogens with one attached hydrogen (secondary N) is 1. The topological polar surface area (TPSA) is 41.0 Å². The second kappa shape index (κ2) is 7.43. The molecule has 0 saturated carbocycles. The molecule has 0 bridgehead atoms. The van der Waals surface area contributed by atoms with Crippen LogP contribution in [-0.4, -0.2) is 36.9 Å². The molecular formula is C15H26N4. The lowest BCUT2D eigenvalue weighted by atomic mass is 9.95. The Bertz CT molecular complexity index is 363. The number of nitrogens with zero attached hydrogens (tertiary/aromatic N) is 3. The Morgan fingerprint density at radius 2 is 2.26 bits per heavy atom. The van der Waals surface area contributed by atoms with Crippen molar-refractivity contribution in [1.29, 1.82) is 0 Å². The smallest absolute Gasteiger partial charge is 0.151 e. The predicted octanol–water partition coefficient (Wildman–Crippen LogP) is 2.25. The zero-order valence-corrected chi connectivity index (χ0v) is 12.2. The highest BCUT2D eigenvalue weighted by atomic mass is 15.3. The van der Waals surface area contributed by atoms with Crippen molar-refractivity contribution >= 4 is 5.82 Å². The average Bonchev–Trinajstić information content (AvgIpc) is 2.46. The molecule has 1 saturated heterocycles. The molecule has 4 nitrogen and oxygen atoms in total. The molecule has 1 atom stereocenters. The summed E-state index contributed by atoms with van der Waals surface area (Å²) in [5.41, 5.74) is 1.11. The van der Waals surface area contributed by atoms with E-state index in [9.17, 15) is 0 Å². The zero-order valence-electron chi connectivity index (χ0n) is 12.2. The molecule has 0 amide bonds. The maximum absolute atomic E-state index is 4.40. The Kier molecular flexibility index (Phi) is 5.58. The molecule has 0 radical (unpaired) electrons. The van der Waals surface area contributed by atoms with Crippen molar-refractivity contribution in [2.24, 2.45) is 5.92 Å². The Labute approximate surface area is 116 Å². The van der Waals surface area contributed by atoms with Gasteiger partial charge in [0.05, 0.1) is 5.69 Å². The van der Waals surface area contributed by atoms with Gasteiger partial charge in [0.25, 0.3) is 0 Å². The van der Waals surface area contributed by atoms with Crippen LogP contribution in [0.25, 0.3) is 0 Å². The monoisotopic (exact) mass is 262 g/mol. The summed E-state index contributed by atoms with van der Waals surface area (Å²) in [5, 5.41) is 12.0. The molecule has 1 fully saturated rings. The van der Waals surface area contributed by atoms with Gasteiger partial charge in [0.1, 0.15) is 0 Å². The van der Waals surface area contributed by atoms with Gasteiger partial charge in [-0.1, -0.05) is 13.3 Å².